The first-order valence-corrected chi connectivity index (χ1v) is 10.6. The molecule has 1 aliphatic heterocycles. The Morgan fingerprint density at radius 1 is 1.28 bits per heavy atom. The van der Waals surface area contributed by atoms with Gasteiger partial charge >= 0.3 is 0 Å². The van der Waals surface area contributed by atoms with Crippen LogP contribution in [-0.4, -0.2) is 68.3 Å². The molecular formula is C22H29FN8O. The summed E-state index contributed by atoms with van der Waals surface area (Å²) >= 11 is 0. The Morgan fingerprint density at radius 3 is 2.66 bits per heavy atom. The molecule has 1 aliphatic rings. The highest BCUT2D eigenvalue weighted by molar-refractivity contribution is 5.95. The average Bonchev–Trinajstić information content (AvgIpc) is 3.28. The summed E-state index contributed by atoms with van der Waals surface area (Å²) in [7, 11) is 4.17. The van der Waals surface area contributed by atoms with E-state index in [9.17, 15) is 9.18 Å². The second-order valence-corrected chi connectivity index (χ2v) is 9.30. The number of alkyl halides is 1. The van der Waals surface area contributed by atoms with Gasteiger partial charge in [0.2, 0.25) is 5.91 Å². The van der Waals surface area contributed by atoms with Gasteiger partial charge in [-0.05, 0) is 41.3 Å². The molecule has 1 atom stereocenters. The third-order valence-electron chi connectivity index (χ3n) is 6.13. The summed E-state index contributed by atoms with van der Waals surface area (Å²) in [5, 5.41) is 8.39. The highest BCUT2D eigenvalue weighted by Gasteiger charge is 2.37. The number of carbonyl (C=O) groups excluding carboxylic acids is 1. The smallest absolute Gasteiger partial charge is 0.222 e. The van der Waals surface area contributed by atoms with E-state index in [1.165, 1.54) is 27.0 Å². The number of rotatable bonds is 5. The summed E-state index contributed by atoms with van der Waals surface area (Å²) in [5.74, 6) is 1.37. The van der Waals surface area contributed by atoms with E-state index in [0.717, 1.165) is 30.7 Å². The number of hydrogen-bond acceptors (Lipinski definition) is 7. The molecule has 0 saturated carbocycles. The van der Waals surface area contributed by atoms with Gasteiger partial charge in [0.1, 0.15) is 11.5 Å². The van der Waals surface area contributed by atoms with Gasteiger partial charge in [0.25, 0.3) is 0 Å². The fourth-order valence-electron chi connectivity index (χ4n) is 3.89. The van der Waals surface area contributed by atoms with Gasteiger partial charge < -0.3 is 15.1 Å². The summed E-state index contributed by atoms with van der Waals surface area (Å²) in [5.41, 5.74) is -0.685. The van der Waals surface area contributed by atoms with Crippen LogP contribution in [0.15, 0.2) is 24.7 Å². The van der Waals surface area contributed by atoms with Gasteiger partial charge in [0, 0.05) is 37.8 Å². The number of nitrogens with zero attached hydrogens (tertiary/aromatic N) is 7. The van der Waals surface area contributed by atoms with Crippen LogP contribution in [0.3, 0.4) is 0 Å². The first-order valence-electron chi connectivity index (χ1n) is 10.6. The van der Waals surface area contributed by atoms with E-state index in [2.05, 4.69) is 51.1 Å². The van der Waals surface area contributed by atoms with Crippen LogP contribution in [0.25, 0.3) is 16.7 Å². The topological polar surface area (TPSA) is 92.1 Å². The van der Waals surface area contributed by atoms with E-state index in [-0.39, 0.29) is 17.1 Å². The highest BCUT2D eigenvalue weighted by Crippen LogP contribution is 2.35. The number of halogens is 1. The lowest BCUT2D eigenvalue weighted by molar-refractivity contribution is -0.114. The van der Waals surface area contributed by atoms with E-state index in [0.29, 0.717) is 17.2 Å². The lowest BCUT2D eigenvalue weighted by Crippen LogP contribution is -2.43. The van der Waals surface area contributed by atoms with Gasteiger partial charge in [-0.1, -0.05) is 0 Å². The number of carbonyl (C=O) groups is 1. The average molecular weight is 441 g/mol. The molecule has 1 saturated heterocycles. The number of aromatic nitrogens is 5. The summed E-state index contributed by atoms with van der Waals surface area (Å²) in [6.07, 6.45) is 5.68. The molecule has 32 heavy (non-hydrogen) atoms. The molecule has 1 N–H and O–H groups in total. The van der Waals surface area contributed by atoms with Crippen molar-refractivity contribution < 1.29 is 9.18 Å². The summed E-state index contributed by atoms with van der Waals surface area (Å²) < 4.78 is 16.2. The second-order valence-electron chi connectivity index (χ2n) is 9.30. The van der Waals surface area contributed by atoms with Gasteiger partial charge in [-0.3, -0.25) is 9.78 Å². The zero-order chi connectivity index (χ0) is 23.3. The number of fused-ring (bicyclic) bond motifs is 1. The molecule has 0 bridgehead atoms. The molecule has 170 valence electrons. The number of pyridine rings is 1. The fraction of sp³-hybridized carbons (Fsp3) is 0.500. The number of amides is 1. The maximum Gasteiger partial charge on any atom is 0.222 e. The number of hydrogen-bond donors (Lipinski definition) is 1. The Kier molecular flexibility index (Phi) is 5.36. The quantitative estimate of drug-likeness (QED) is 0.652. The minimum absolute atomic E-state index is 0.0254. The highest BCUT2D eigenvalue weighted by atomic mass is 19.1. The molecule has 1 fully saturated rings. The molecule has 10 heteroatoms. The van der Waals surface area contributed by atoms with Crippen molar-refractivity contribution in [1.29, 1.82) is 0 Å². The van der Waals surface area contributed by atoms with Crippen LogP contribution < -0.4 is 10.2 Å². The van der Waals surface area contributed by atoms with Crippen molar-refractivity contribution in [2.45, 2.75) is 45.3 Å². The number of nitrogens with one attached hydrogen (secondary N) is 1. The van der Waals surface area contributed by atoms with Crippen molar-refractivity contribution in [3.63, 3.8) is 0 Å². The summed E-state index contributed by atoms with van der Waals surface area (Å²) in [6, 6.07) is 1.75. The molecule has 0 aromatic carbocycles. The minimum atomic E-state index is -1.64. The van der Waals surface area contributed by atoms with Gasteiger partial charge in [0.15, 0.2) is 11.6 Å². The maximum atomic E-state index is 14.5. The van der Waals surface area contributed by atoms with Crippen molar-refractivity contribution in [3.05, 3.63) is 30.4 Å². The Hall–Kier alpha value is -3.14. The molecule has 0 unspecified atom stereocenters. The predicted octanol–water partition coefficient (Wildman–Crippen LogP) is 2.90. The summed E-state index contributed by atoms with van der Waals surface area (Å²) in [6.45, 7) is 8.20. The largest absolute Gasteiger partial charge is 0.353 e. The van der Waals surface area contributed by atoms with Gasteiger partial charge in [-0.15, -0.1) is 5.10 Å². The lowest BCUT2D eigenvalue weighted by atomic mass is 10.0. The van der Waals surface area contributed by atoms with Crippen molar-refractivity contribution in [1.82, 2.24) is 29.6 Å². The monoisotopic (exact) mass is 440 g/mol. The van der Waals surface area contributed by atoms with Crippen molar-refractivity contribution >= 4 is 28.4 Å². The van der Waals surface area contributed by atoms with Crippen LogP contribution in [-0.2, 0) is 10.5 Å². The SMILES string of the molecule is CC(=O)Nc1cc2c(cn1)c(N1CC[C@@](C)(N(C)C)C1)nn2-c1cncc(C(C)(C)F)n1. The molecule has 3 aromatic heterocycles. The first kappa shape index (κ1) is 22.1. The van der Waals surface area contributed by atoms with E-state index in [1.807, 2.05) is 0 Å². The molecule has 4 heterocycles. The normalized spacial score (nSPS) is 19.2. The zero-order valence-electron chi connectivity index (χ0n) is 19.3. The number of likely N-dealkylation sites (N-methyl/N-ethyl adjacent to an activating group) is 1. The third kappa shape index (κ3) is 4.02. The number of anilines is 2. The third-order valence-corrected chi connectivity index (χ3v) is 6.13. The molecule has 0 radical (unpaired) electrons. The second kappa shape index (κ2) is 7.77. The van der Waals surface area contributed by atoms with Crippen LogP contribution in [0.5, 0.6) is 0 Å². The lowest BCUT2D eigenvalue weighted by Gasteiger charge is -2.32. The van der Waals surface area contributed by atoms with E-state index < -0.39 is 5.67 Å². The van der Waals surface area contributed by atoms with Crippen molar-refractivity contribution in [3.8, 4) is 5.82 Å². The first-order chi connectivity index (χ1) is 15.0. The zero-order valence-corrected chi connectivity index (χ0v) is 19.3. The Morgan fingerprint density at radius 2 is 2.03 bits per heavy atom. The molecule has 3 aromatic rings. The standard InChI is InChI=1S/C22H29FN8O/c1-14(32)26-18-9-16-15(10-25-18)20(30-8-7-22(4,13-30)29(5)6)28-31(16)19-12-24-11-17(27-19)21(2,3)23/h9-12H,7-8,13H2,1-6H3,(H,25,26,32)/t22-/m1/s1. The predicted molar refractivity (Wildman–Crippen MR) is 122 cm³/mol. The van der Waals surface area contributed by atoms with Crippen LogP contribution in [0.4, 0.5) is 16.0 Å². The van der Waals surface area contributed by atoms with Gasteiger partial charge in [0.05, 0.1) is 29.0 Å². The van der Waals surface area contributed by atoms with E-state index in [1.54, 1.807) is 23.1 Å². The molecule has 0 aliphatic carbocycles. The Bertz CT molecular complexity index is 1170. The molecule has 1 amide bonds. The van der Waals surface area contributed by atoms with Gasteiger partial charge in [-0.25, -0.2) is 19.0 Å². The van der Waals surface area contributed by atoms with Crippen LogP contribution >= 0.6 is 0 Å². The van der Waals surface area contributed by atoms with Crippen molar-refractivity contribution in [2.24, 2.45) is 0 Å². The molecule has 0 spiro atoms. The fourth-order valence-corrected chi connectivity index (χ4v) is 3.89. The Labute approximate surface area is 186 Å². The molecule has 9 nitrogen and oxygen atoms in total. The van der Waals surface area contributed by atoms with Crippen LogP contribution in [0.1, 0.15) is 39.8 Å². The minimum Gasteiger partial charge on any atom is -0.353 e. The van der Waals surface area contributed by atoms with Crippen molar-refractivity contribution in [2.75, 3.05) is 37.4 Å². The van der Waals surface area contributed by atoms with Gasteiger partial charge in [-0.2, -0.15) is 0 Å². The van der Waals surface area contributed by atoms with Crippen LogP contribution in [0.2, 0.25) is 0 Å². The molecular weight excluding hydrogens is 411 g/mol. The van der Waals surface area contributed by atoms with E-state index >= 15 is 0 Å². The Balaban J connectivity index is 1.86. The maximum absolute atomic E-state index is 14.5. The van der Waals surface area contributed by atoms with E-state index in [4.69, 9.17) is 5.10 Å². The van der Waals surface area contributed by atoms with Crippen LogP contribution in [0, 0.1) is 0 Å². The molecule has 4 rings (SSSR count). The summed E-state index contributed by atoms with van der Waals surface area (Å²) in [4.78, 5) is 29.1.